The number of allylic oxidation sites excluding steroid dienone is 1. The Morgan fingerprint density at radius 1 is 1.29 bits per heavy atom. The third-order valence-electron chi connectivity index (χ3n) is 4.89. The quantitative estimate of drug-likeness (QED) is 0.747. The van der Waals surface area contributed by atoms with E-state index in [1.54, 1.807) is 19.2 Å². The van der Waals surface area contributed by atoms with Crippen LogP contribution in [0.4, 0.5) is 26.2 Å². The Morgan fingerprint density at radius 3 is 2.96 bits per heavy atom. The summed E-state index contributed by atoms with van der Waals surface area (Å²) in [5.74, 6) is 0.979. The number of rotatable bonds is 4. The Kier molecular flexibility index (Phi) is 5.13. The molecule has 0 saturated heterocycles. The summed E-state index contributed by atoms with van der Waals surface area (Å²) in [7, 11) is 1.76. The molecule has 1 aromatic carbocycles. The molecule has 2 aliphatic heterocycles. The van der Waals surface area contributed by atoms with E-state index in [4.69, 9.17) is 4.74 Å². The van der Waals surface area contributed by atoms with Gasteiger partial charge in [0.1, 0.15) is 17.7 Å². The number of hydrogen-bond acceptors (Lipinski definition) is 6. The molecule has 0 fully saturated rings. The molecule has 1 aromatic heterocycles. The van der Waals surface area contributed by atoms with Crippen LogP contribution in [0.15, 0.2) is 18.2 Å². The average molecular weight is 387 g/mol. The molecule has 2 aliphatic rings. The minimum atomic E-state index is -1.07. The fourth-order valence-electron chi connectivity index (χ4n) is 3.60. The molecule has 0 spiro atoms. The number of halogens is 2. The molecule has 3 heterocycles. The van der Waals surface area contributed by atoms with Crippen molar-refractivity contribution >= 4 is 23.0 Å². The second kappa shape index (κ2) is 7.71. The lowest BCUT2D eigenvalue weighted by molar-refractivity contribution is 0.331. The van der Waals surface area contributed by atoms with Crippen molar-refractivity contribution in [3.63, 3.8) is 0 Å². The lowest BCUT2D eigenvalue weighted by atomic mass is 9.95. The third-order valence-corrected chi connectivity index (χ3v) is 4.89. The molecule has 0 aliphatic carbocycles. The molecule has 6 nitrogen and oxygen atoms in total. The van der Waals surface area contributed by atoms with Crippen LogP contribution in [0.5, 0.6) is 5.75 Å². The molecule has 0 amide bonds. The van der Waals surface area contributed by atoms with E-state index in [0.717, 1.165) is 11.3 Å². The van der Waals surface area contributed by atoms with Crippen LogP contribution in [0.2, 0.25) is 0 Å². The van der Waals surface area contributed by atoms with Gasteiger partial charge in [-0.15, -0.1) is 0 Å². The van der Waals surface area contributed by atoms with E-state index in [9.17, 15) is 4.39 Å². The number of alkyl halides is 1. The molecule has 28 heavy (non-hydrogen) atoms. The highest BCUT2D eigenvalue weighted by Gasteiger charge is 2.28. The summed E-state index contributed by atoms with van der Waals surface area (Å²) in [5.41, 5.74) is 2.88. The molecule has 8 heteroatoms. The molecule has 4 rings (SSSR count). The summed E-state index contributed by atoms with van der Waals surface area (Å²) in [4.78, 5) is 8.67. The first-order valence-electron chi connectivity index (χ1n) is 9.38. The summed E-state index contributed by atoms with van der Waals surface area (Å²) in [5, 5.41) is 8.96. The highest BCUT2D eigenvalue weighted by Crippen LogP contribution is 2.42. The summed E-state index contributed by atoms with van der Waals surface area (Å²) < 4.78 is 35.4. The van der Waals surface area contributed by atoms with Crippen LogP contribution >= 0.6 is 0 Å². The van der Waals surface area contributed by atoms with E-state index in [1.165, 1.54) is 0 Å². The number of nitrogens with zero attached hydrogens (tertiary/aromatic N) is 2. The molecule has 0 radical (unpaired) electrons. The van der Waals surface area contributed by atoms with Crippen molar-refractivity contribution in [2.75, 3.05) is 37.4 Å². The largest absolute Gasteiger partial charge is 0.492 e. The SMILES string of the molecule is CNc1cc(C)nc(Nc2cc3c(c(C4=CCNC[C@H](F)C4)c2F)OCC3)n1. The maximum Gasteiger partial charge on any atom is 0.229 e. The van der Waals surface area contributed by atoms with E-state index in [0.29, 0.717) is 48.2 Å². The number of nitrogens with one attached hydrogen (secondary N) is 3. The Bertz CT molecular complexity index is 931. The fourth-order valence-corrected chi connectivity index (χ4v) is 3.60. The topological polar surface area (TPSA) is 71.1 Å². The second-order valence-corrected chi connectivity index (χ2v) is 6.98. The number of aryl methyl sites for hydroxylation is 1. The van der Waals surface area contributed by atoms with Crippen molar-refractivity contribution in [1.29, 1.82) is 0 Å². The molecular weight excluding hydrogens is 364 g/mol. The van der Waals surface area contributed by atoms with Gasteiger partial charge in [-0.25, -0.2) is 13.8 Å². The normalized spacial score (nSPS) is 18.7. The van der Waals surface area contributed by atoms with Gasteiger partial charge >= 0.3 is 0 Å². The van der Waals surface area contributed by atoms with Gasteiger partial charge in [0, 0.05) is 50.3 Å². The van der Waals surface area contributed by atoms with Crippen LogP contribution in [0, 0.1) is 12.7 Å². The summed E-state index contributed by atoms with van der Waals surface area (Å²) in [6.45, 7) is 3.08. The van der Waals surface area contributed by atoms with Crippen molar-refractivity contribution in [1.82, 2.24) is 15.3 Å². The lowest BCUT2D eigenvalue weighted by Crippen LogP contribution is -2.21. The average Bonchev–Trinajstić information content (AvgIpc) is 3.01. The van der Waals surface area contributed by atoms with Gasteiger partial charge in [0.15, 0.2) is 5.82 Å². The highest BCUT2D eigenvalue weighted by atomic mass is 19.1. The van der Waals surface area contributed by atoms with Crippen molar-refractivity contribution in [3.8, 4) is 5.75 Å². The van der Waals surface area contributed by atoms with Gasteiger partial charge in [0.05, 0.1) is 17.9 Å². The highest BCUT2D eigenvalue weighted by molar-refractivity contribution is 5.78. The van der Waals surface area contributed by atoms with Crippen molar-refractivity contribution in [2.45, 2.75) is 25.9 Å². The van der Waals surface area contributed by atoms with Gasteiger partial charge in [-0.2, -0.15) is 4.98 Å². The van der Waals surface area contributed by atoms with E-state index < -0.39 is 12.0 Å². The van der Waals surface area contributed by atoms with E-state index >= 15 is 4.39 Å². The minimum Gasteiger partial charge on any atom is -0.492 e. The zero-order valence-electron chi connectivity index (χ0n) is 15.9. The van der Waals surface area contributed by atoms with Crippen molar-refractivity contribution < 1.29 is 13.5 Å². The first-order valence-corrected chi connectivity index (χ1v) is 9.38. The van der Waals surface area contributed by atoms with Crippen LogP contribution in [-0.2, 0) is 6.42 Å². The first-order chi connectivity index (χ1) is 13.5. The van der Waals surface area contributed by atoms with Gasteiger partial charge in [-0.1, -0.05) is 6.08 Å². The Balaban J connectivity index is 1.77. The fraction of sp³-hybridized carbons (Fsp3) is 0.400. The smallest absolute Gasteiger partial charge is 0.229 e. The number of benzene rings is 1. The number of hydrogen-bond donors (Lipinski definition) is 3. The summed E-state index contributed by atoms with van der Waals surface area (Å²) >= 11 is 0. The van der Waals surface area contributed by atoms with Gasteiger partial charge in [0.2, 0.25) is 5.95 Å². The van der Waals surface area contributed by atoms with Crippen LogP contribution in [0.25, 0.3) is 5.57 Å². The standard InChI is InChI=1S/C20H23F2N5O/c1-11-7-16(23-2)27-20(25-11)26-15-9-13-4-6-28-19(13)17(18(15)22)12-3-5-24-10-14(21)8-12/h3,7,9,14,24H,4-6,8,10H2,1-2H3,(H2,23,25,26,27)/t14-/m1/s1. The lowest BCUT2D eigenvalue weighted by Gasteiger charge is -2.17. The Morgan fingerprint density at radius 2 is 2.14 bits per heavy atom. The zero-order chi connectivity index (χ0) is 19.7. The molecule has 3 N–H and O–H groups in total. The number of ether oxygens (including phenoxy) is 1. The van der Waals surface area contributed by atoms with E-state index in [-0.39, 0.29) is 18.7 Å². The Hall–Kier alpha value is -2.74. The maximum atomic E-state index is 15.5. The van der Waals surface area contributed by atoms with Crippen LogP contribution < -0.4 is 20.7 Å². The van der Waals surface area contributed by atoms with Gasteiger partial charge < -0.3 is 20.7 Å². The zero-order valence-corrected chi connectivity index (χ0v) is 15.9. The minimum absolute atomic E-state index is 0.147. The van der Waals surface area contributed by atoms with Crippen molar-refractivity contribution in [3.05, 3.63) is 40.8 Å². The van der Waals surface area contributed by atoms with E-state index in [1.807, 2.05) is 13.0 Å². The predicted molar refractivity (Wildman–Crippen MR) is 106 cm³/mol. The number of fused-ring (bicyclic) bond motifs is 1. The maximum absolute atomic E-state index is 15.5. The molecule has 0 saturated carbocycles. The summed E-state index contributed by atoms with van der Waals surface area (Å²) in [6, 6.07) is 3.53. The number of anilines is 3. The molecule has 0 bridgehead atoms. The number of aromatic nitrogens is 2. The first kappa shape index (κ1) is 18.6. The third kappa shape index (κ3) is 3.64. The molecule has 2 aromatic rings. The molecular formula is C20H23F2N5O. The molecule has 0 unspecified atom stereocenters. The monoisotopic (exact) mass is 387 g/mol. The van der Waals surface area contributed by atoms with Crippen LogP contribution in [0.1, 0.15) is 23.2 Å². The Labute approximate surface area is 162 Å². The van der Waals surface area contributed by atoms with Gasteiger partial charge in [-0.3, -0.25) is 0 Å². The van der Waals surface area contributed by atoms with Crippen molar-refractivity contribution in [2.24, 2.45) is 0 Å². The van der Waals surface area contributed by atoms with E-state index in [2.05, 4.69) is 25.9 Å². The molecule has 148 valence electrons. The second-order valence-electron chi connectivity index (χ2n) is 6.98. The van der Waals surface area contributed by atoms with Crippen LogP contribution in [-0.4, -0.2) is 42.9 Å². The molecule has 1 atom stereocenters. The van der Waals surface area contributed by atoms with Gasteiger partial charge in [-0.05, 0) is 18.6 Å². The van der Waals surface area contributed by atoms with Crippen LogP contribution in [0.3, 0.4) is 0 Å². The van der Waals surface area contributed by atoms with Gasteiger partial charge in [0.25, 0.3) is 0 Å². The predicted octanol–water partition coefficient (Wildman–Crippen LogP) is 3.36. The summed E-state index contributed by atoms with van der Waals surface area (Å²) in [6.07, 6.45) is 1.60.